The first-order valence-electron chi connectivity index (χ1n) is 9.72. The summed E-state index contributed by atoms with van der Waals surface area (Å²) in [6, 6.07) is 18.7. The van der Waals surface area contributed by atoms with Crippen LogP contribution in [-0.2, 0) is 11.2 Å². The van der Waals surface area contributed by atoms with Crippen molar-refractivity contribution in [2.45, 2.75) is 51.4 Å². The number of benzene rings is 2. The summed E-state index contributed by atoms with van der Waals surface area (Å²) in [6.07, 6.45) is 9.81. The molecule has 2 nitrogen and oxygen atoms in total. The van der Waals surface area contributed by atoms with Gasteiger partial charge in [-0.25, -0.2) is 0 Å². The van der Waals surface area contributed by atoms with E-state index in [0.717, 1.165) is 24.4 Å². The lowest BCUT2D eigenvalue weighted by atomic mass is 9.97. The Morgan fingerprint density at radius 2 is 1.48 bits per heavy atom. The molecule has 1 aliphatic rings. The molecule has 2 aromatic carbocycles. The molecule has 2 heteroatoms. The summed E-state index contributed by atoms with van der Waals surface area (Å²) in [4.78, 5) is 12.2. The quantitative estimate of drug-likeness (QED) is 0.706. The van der Waals surface area contributed by atoms with Crippen LogP contribution in [-0.4, -0.2) is 12.5 Å². The third-order valence-corrected chi connectivity index (χ3v) is 5.28. The van der Waals surface area contributed by atoms with E-state index in [1.807, 2.05) is 18.2 Å². The minimum atomic E-state index is 0.140. The highest BCUT2D eigenvalue weighted by atomic mass is 16.1. The zero-order valence-corrected chi connectivity index (χ0v) is 15.0. The number of amides is 1. The van der Waals surface area contributed by atoms with Crippen LogP contribution in [0, 0.1) is 5.92 Å². The van der Waals surface area contributed by atoms with E-state index in [2.05, 4.69) is 41.7 Å². The van der Waals surface area contributed by atoms with Gasteiger partial charge in [0.05, 0.1) is 6.42 Å². The van der Waals surface area contributed by atoms with E-state index in [9.17, 15) is 4.79 Å². The fourth-order valence-corrected chi connectivity index (χ4v) is 3.76. The smallest absolute Gasteiger partial charge is 0.224 e. The molecule has 0 atom stereocenters. The summed E-state index contributed by atoms with van der Waals surface area (Å²) in [5.74, 6) is 0.953. The second-order valence-electron chi connectivity index (χ2n) is 7.24. The summed E-state index contributed by atoms with van der Waals surface area (Å²) in [6.45, 7) is 0.825. The molecule has 0 spiro atoms. The molecule has 0 saturated heterocycles. The van der Waals surface area contributed by atoms with Crippen molar-refractivity contribution in [1.82, 2.24) is 5.32 Å². The number of rotatable bonds is 6. The van der Waals surface area contributed by atoms with Gasteiger partial charge in [-0.15, -0.1) is 0 Å². The van der Waals surface area contributed by atoms with Crippen LogP contribution >= 0.6 is 0 Å². The summed E-state index contributed by atoms with van der Waals surface area (Å²) >= 11 is 0. The molecular formula is C23H29NO. The maximum Gasteiger partial charge on any atom is 0.224 e. The molecule has 0 bridgehead atoms. The number of nitrogens with one attached hydrogen (secondary N) is 1. The maximum absolute atomic E-state index is 12.2. The molecule has 0 heterocycles. The van der Waals surface area contributed by atoms with Crippen molar-refractivity contribution in [3.05, 3.63) is 60.2 Å². The summed E-state index contributed by atoms with van der Waals surface area (Å²) in [7, 11) is 0. The lowest BCUT2D eigenvalue weighted by Gasteiger charge is -2.14. The van der Waals surface area contributed by atoms with E-state index >= 15 is 0 Å². The van der Waals surface area contributed by atoms with Crippen LogP contribution in [0.4, 0.5) is 0 Å². The van der Waals surface area contributed by atoms with Gasteiger partial charge in [0.2, 0.25) is 5.91 Å². The normalized spacial score (nSPS) is 15.5. The molecule has 25 heavy (non-hydrogen) atoms. The Kier molecular flexibility index (Phi) is 6.67. The topological polar surface area (TPSA) is 29.1 Å². The van der Waals surface area contributed by atoms with Crippen LogP contribution in [0.15, 0.2) is 54.6 Å². The number of carbonyl (C=O) groups is 1. The fraction of sp³-hybridized carbons (Fsp3) is 0.435. The molecule has 0 radical (unpaired) electrons. The largest absolute Gasteiger partial charge is 0.356 e. The highest BCUT2D eigenvalue weighted by Gasteiger charge is 2.12. The van der Waals surface area contributed by atoms with Gasteiger partial charge in [-0.3, -0.25) is 4.79 Å². The Balaban J connectivity index is 1.43. The Labute approximate surface area is 151 Å². The number of carbonyl (C=O) groups excluding carboxylic acids is 1. The molecule has 1 amide bonds. The van der Waals surface area contributed by atoms with E-state index in [0.29, 0.717) is 6.42 Å². The highest BCUT2D eigenvalue weighted by Crippen LogP contribution is 2.25. The fourth-order valence-electron chi connectivity index (χ4n) is 3.76. The van der Waals surface area contributed by atoms with Crippen molar-refractivity contribution < 1.29 is 4.79 Å². The predicted molar refractivity (Wildman–Crippen MR) is 104 cm³/mol. The number of hydrogen-bond acceptors (Lipinski definition) is 1. The molecule has 0 aliphatic heterocycles. The van der Waals surface area contributed by atoms with E-state index in [4.69, 9.17) is 0 Å². The van der Waals surface area contributed by atoms with E-state index in [1.165, 1.54) is 49.7 Å². The first kappa shape index (κ1) is 17.7. The molecule has 132 valence electrons. The van der Waals surface area contributed by atoms with Crippen molar-refractivity contribution in [2.75, 3.05) is 6.54 Å². The standard InChI is InChI=1S/C23H29NO/c25-23(24-17-16-19-8-4-1-2-5-9-19)18-20-12-14-22(15-13-20)21-10-6-3-7-11-21/h3,6-7,10-15,19H,1-2,4-5,8-9,16-18H2,(H,24,25). The van der Waals surface area contributed by atoms with Crippen LogP contribution in [0.25, 0.3) is 11.1 Å². The Bertz CT molecular complexity index is 640. The zero-order chi connectivity index (χ0) is 17.3. The van der Waals surface area contributed by atoms with Crippen molar-refractivity contribution in [2.24, 2.45) is 5.92 Å². The minimum Gasteiger partial charge on any atom is -0.356 e. The lowest BCUT2D eigenvalue weighted by molar-refractivity contribution is -0.120. The molecule has 0 unspecified atom stereocenters. The first-order valence-corrected chi connectivity index (χ1v) is 9.72. The molecule has 2 aromatic rings. The summed E-state index contributed by atoms with van der Waals surface area (Å²) in [5.41, 5.74) is 3.48. The van der Waals surface area contributed by atoms with E-state index in [-0.39, 0.29) is 5.91 Å². The Morgan fingerprint density at radius 3 is 2.16 bits per heavy atom. The average Bonchev–Trinajstić information content (AvgIpc) is 2.92. The molecule has 3 rings (SSSR count). The third kappa shape index (κ3) is 5.74. The van der Waals surface area contributed by atoms with Crippen LogP contribution in [0.2, 0.25) is 0 Å². The van der Waals surface area contributed by atoms with Crippen molar-refractivity contribution in [3.8, 4) is 11.1 Å². The minimum absolute atomic E-state index is 0.140. The van der Waals surface area contributed by atoms with Gasteiger partial charge in [-0.1, -0.05) is 93.1 Å². The molecule has 1 aliphatic carbocycles. The second kappa shape index (κ2) is 9.41. The van der Waals surface area contributed by atoms with Crippen LogP contribution in [0.5, 0.6) is 0 Å². The number of hydrogen-bond donors (Lipinski definition) is 1. The molecule has 1 N–H and O–H groups in total. The molecule has 1 saturated carbocycles. The zero-order valence-electron chi connectivity index (χ0n) is 15.0. The van der Waals surface area contributed by atoms with Gasteiger partial charge in [0.25, 0.3) is 0 Å². The Morgan fingerprint density at radius 1 is 0.840 bits per heavy atom. The average molecular weight is 335 g/mol. The van der Waals surface area contributed by atoms with Crippen LogP contribution in [0.3, 0.4) is 0 Å². The first-order chi connectivity index (χ1) is 12.3. The van der Waals surface area contributed by atoms with Gasteiger partial charge in [-0.2, -0.15) is 0 Å². The molecular weight excluding hydrogens is 306 g/mol. The van der Waals surface area contributed by atoms with Gasteiger partial charge in [0, 0.05) is 6.54 Å². The predicted octanol–water partition coefficient (Wildman–Crippen LogP) is 5.37. The SMILES string of the molecule is O=C(Cc1ccc(-c2ccccc2)cc1)NCCC1CCCCCC1. The van der Waals surface area contributed by atoms with Gasteiger partial charge in [0.15, 0.2) is 0 Å². The second-order valence-corrected chi connectivity index (χ2v) is 7.24. The highest BCUT2D eigenvalue weighted by molar-refractivity contribution is 5.78. The summed E-state index contributed by atoms with van der Waals surface area (Å²) < 4.78 is 0. The maximum atomic E-state index is 12.2. The van der Waals surface area contributed by atoms with Gasteiger partial charge in [0.1, 0.15) is 0 Å². The van der Waals surface area contributed by atoms with E-state index < -0.39 is 0 Å². The van der Waals surface area contributed by atoms with E-state index in [1.54, 1.807) is 0 Å². The molecule has 0 aromatic heterocycles. The Hall–Kier alpha value is -2.09. The van der Waals surface area contributed by atoms with Gasteiger partial charge in [-0.05, 0) is 29.0 Å². The lowest BCUT2D eigenvalue weighted by Crippen LogP contribution is -2.27. The molecule has 1 fully saturated rings. The summed E-state index contributed by atoms with van der Waals surface area (Å²) in [5, 5.41) is 3.11. The monoisotopic (exact) mass is 335 g/mol. The van der Waals surface area contributed by atoms with Gasteiger partial charge >= 0.3 is 0 Å². The van der Waals surface area contributed by atoms with Crippen LogP contribution in [0.1, 0.15) is 50.5 Å². The van der Waals surface area contributed by atoms with Crippen molar-refractivity contribution >= 4 is 5.91 Å². The van der Waals surface area contributed by atoms with Crippen LogP contribution < -0.4 is 5.32 Å². The van der Waals surface area contributed by atoms with Crippen molar-refractivity contribution in [1.29, 1.82) is 0 Å². The van der Waals surface area contributed by atoms with Crippen molar-refractivity contribution in [3.63, 3.8) is 0 Å². The third-order valence-electron chi connectivity index (χ3n) is 5.28. The van der Waals surface area contributed by atoms with Gasteiger partial charge < -0.3 is 5.32 Å².